The minimum atomic E-state index is -0.906. The fraction of sp³-hybridized carbons (Fsp3) is 0.412. The Balaban J connectivity index is 0.000000228. The van der Waals surface area contributed by atoms with E-state index >= 15 is 0 Å². The van der Waals surface area contributed by atoms with Crippen LogP contribution in [-0.2, 0) is 37.0 Å². The van der Waals surface area contributed by atoms with Gasteiger partial charge in [0.05, 0.1) is 18.9 Å². The molecular formula is C68H83LiN6O8. The van der Waals surface area contributed by atoms with Crippen LogP contribution in [0.15, 0.2) is 182 Å². The minimum Gasteiger partial charge on any atom is -0.870 e. The minimum absolute atomic E-state index is 0. The Hall–Kier alpha value is -6.44. The zero-order valence-electron chi connectivity index (χ0n) is 47.5. The largest absolute Gasteiger partial charge is 1.00 e. The van der Waals surface area contributed by atoms with E-state index in [1.54, 1.807) is 4.90 Å². The molecule has 434 valence electrons. The third kappa shape index (κ3) is 14.6. The van der Waals surface area contributed by atoms with Gasteiger partial charge in [-0.25, -0.2) is 9.59 Å². The van der Waals surface area contributed by atoms with Crippen molar-refractivity contribution in [1.29, 1.82) is 0 Å². The summed E-state index contributed by atoms with van der Waals surface area (Å²) in [6, 6.07) is 60.4. The van der Waals surface area contributed by atoms with Crippen LogP contribution in [0, 0.1) is 11.8 Å². The van der Waals surface area contributed by atoms with Crippen LogP contribution in [0.25, 0.3) is 0 Å². The molecule has 6 aliphatic heterocycles. The smallest absolute Gasteiger partial charge is 0.870 e. The molecule has 6 fully saturated rings. The molecule has 14 nitrogen and oxygen atoms in total. The molecule has 0 aromatic heterocycles. The van der Waals surface area contributed by atoms with E-state index in [9.17, 15) is 24.3 Å². The molecule has 0 bridgehead atoms. The maximum absolute atomic E-state index is 14.4. The summed E-state index contributed by atoms with van der Waals surface area (Å²) in [5.74, 6) is -1.13. The third-order valence-corrected chi connectivity index (χ3v) is 18.1. The number of hydrogen-bond acceptors (Lipinski definition) is 10. The molecule has 6 aliphatic rings. The molecule has 4 N–H and O–H groups in total. The molecule has 83 heavy (non-hydrogen) atoms. The molecule has 8 atom stereocenters. The van der Waals surface area contributed by atoms with Gasteiger partial charge in [0, 0.05) is 76.5 Å². The van der Waals surface area contributed by atoms with Gasteiger partial charge in [0.2, 0.25) is 11.8 Å². The molecule has 2 amide bonds. The number of nitrogens with zero attached hydrogens (tertiary/aromatic N) is 6. The Morgan fingerprint density at radius 3 is 1.16 bits per heavy atom. The van der Waals surface area contributed by atoms with Gasteiger partial charge in [-0.15, -0.1) is 0 Å². The summed E-state index contributed by atoms with van der Waals surface area (Å²) in [6.07, 6.45) is 5.85. The van der Waals surface area contributed by atoms with Gasteiger partial charge in [0.1, 0.15) is 12.1 Å². The van der Waals surface area contributed by atoms with Crippen molar-refractivity contribution in [3.8, 4) is 0 Å². The number of hydrogen-bond donors (Lipinski definition) is 1. The number of rotatable bonds is 14. The van der Waals surface area contributed by atoms with Crippen LogP contribution in [0.2, 0.25) is 0 Å². The van der Waals surface area contributed by atoms with Gasteiger partial charge >= 0.3 is 30.8 Å². The predicted molar refractivity (Wildman–Crippen MR) is 319 cm³/mol. The zero-order chi connectivity index (χ0) is 54.2. The van der Waals surface area contributed by atoms with Crippen LogP contribution >= 0.6 is 0 Å². The molecule has 0 aliphatic carbocycles. The first-order valence-corrected chi connectivity index (χ1v) is 28.9. The fourth-order valence-electron chi connectivity index (χ4n) is 14.5. The average Bonchev–Trinajstić information content (AvgIpc) is 3.37. The topological polar surface area (TPSA) is 179 Å². The number of likely N-dealkylation sites (tertiary alicyclic amines) is 6. The number of carbonyl (C=O) groups excluding carboxylic acids is 3. The SMILES string of the molecule is C.COC(=O)[C@@H]1CC(N2CCC[C@@H]3CN(Cc4ccccc4)C[C@@H]32)CN1C(=O)C(c1ccccc1)c1ccccc1.O.O=C(O)[C@@H]1C[C@H](N2CCC[C@@H]3CN(Cc4ccccc4)C[C@@H]32)CN1C(=O)C(c1ccccc1)c1ccccc1.[Li+].[OH-]. The van der Waals surface area contributed by atoms with Crippen molar-refractivity contribution in [1.82, 2.24) is 29.4 Å². The zero-order valence-corrected chi connectivity index (χ0v) is 47.5. The second kappa shape index (κ2) is 29.9. The standard InChI is InChI=1S/C34H39N3O3.C33H37N3O3.CH4.Li.2H2O/c1-40-34(39)30-20-29(36-19-11-18-28-22-35(24-31(28)36)21-25-12-5-2-6-13-25)23-37(30)33(38)32(26-14-7-3-8-15-26)27-16-9-4-10-17-27;37-32(31(25-13-6-2-7-14-25)26-15-8-3-9-16-26)36-22-28(19-29(36)33(38)39)35-18-10-17-27-21-34(23-30(27)35)20-24-11-4-1-5-12-24;;;;/h2-10,12-17,28-32H,11,18-24H2,1H3;1-9,11-16,27-31H,10,17-23H2,(H,38,39);1H4;;2*1H2/q;;;+1;;/p-1/t28-,29?,30+,31+;27-,28+,29+,30+;;;;/m11..../s1. The molecule has 6 aromatic carbocycles. The number of carboxylic acids is 1. The second-order valence-electron chi connectivity index (χ2n) is 22.9. The third-order valence-electron chi connectivity index (χ3n) is 18.1. The van der Waals surface area contributed by atoms with Crippen molar-refractivity contribution in [2.75, 3.05) is 59.5 Å². The number of piperidine rings is 2. The van der Waals surface area contributed by atoms with Crippen LogP contribution in [-0.4, -0.2) is 165 Å². The van der Waals surface area contributed by atoms with E-state index < -0.39 is 29.9 Å². The van der Waals surface area contributed by atoms with Crippen molar-refractivity contribution < 1.29 is 58.8 Å². The molecule has 0 spiro atoms. The number of carbonyl (C=O) groups is 4. The number of methoxy groups -OCH3 is 1. The summed E-state index contributed by atoms with van der Waals surface area (Å²) in [5.41, 5.74) is 6.36. The van der Waals surface area contributed by atoms with E-state index in [0.29, 0.717) is 49.9 Å². The van der Waals surface area contributed by atoms with Crippen molar-refractivity contribution in [3.63, 3.8) is 0 Å². The quantitative estimate of drug-likeness (QED) is 0.105. The van der Waals surface area contributed by atoms with E-state index in [4.69, 9.17) is 4.74 Å². The van der Waals surface area contributed by atoms with E-state index in [1.165, 1.54) is 31.1 Å². The number of benzene rings is 6. The summed E-state index contributed by atoms with van der Waals surface area (Å²) in [6.45, 7) is 9.14. The Morgan fingerprint density at radius 1 is 0.494 bits per heavy atom. The molecule has 6 aromatic rings. The number of ether oxygens (including phenoxy) is 1. The van der Waals surface area contributed by atoms with Crippen LogP contribution < -0.4 is 18.9 Å². The summed E-state index contributed by atoms with van der Waals surface area (Å²) in [7, 11) is 1.43. The van der Waals surface area contributed by atoms with Gasteiger partial charge in [0.25, 0.3) is 0 Å². The molecule has 6 heterocycles. The molecule has 1 unspecified atom stereocenters. The van der Waals surface area contributed by atoms with E-state index in [-0.39, 0.29) is 67.1 Å². The fourth-order valence-corrected chi connectivity index (χ4v) is 14.5. The number of carboxylic acid groups (broad SMARTS) is 1. The monoisotopic (exact) mass is 1120 g/mol. The van der Waals surface area contributed by atoms with Crippen LogP contribution in [0.4, 0.5) is 0 Å². The molecule has 15 heteroatoms. The van der Waals surface area contributed by atoms with Crippen molar-refractivity contribution in [2.45, 2.75) is 107 Å². The maximum atomic E-state index is 14.4. The van der Waals surface area contributed by atoms with Crippen molar-refractivity contribution in [2.24, 2.45) is 11.8 Å². The van der Waals surface area contributed by atoms with E-state index in [0.717, 1.165) is 87.5 Å². The Bertz CT molecular complexity index is 2890. The van der Waals surface area contributed by atoms with Gasteiger partial charge in [-0.1, -0.05) is 189 Å². The van der Waals surface area contributed by atoms with Gasteiger partial charge < -0.3 is 30.6 Å². The van der Waals surface area contributed by atoms with Gasteiger partial charge in [-0.05, 0) is 96.8 Å². The Labute approximate surface area is 503 Å². The van der Waals surface area contributed by atoms with E-state index in [2.05, 4.69) is 80.3 Å². The molecule has 6 saturated heterocycles. The normalized spacial score (nSPS) is 24.2. The first-order chi connectivity index (χ1) is 38.7. The number of aliphatic carboxylic acids is 1. The predicted octanol–water partition coefficient (Wildman–Crippen LogP) is 5.67. The molecular weight excluding hydrogens is 1040 g/mol. The number of esters is 1. The first kappa shape index (κ1) is 64.1. The Kier molecular flexibility index (Phi) is 23.1. The summed E-state index contributed by atoms with van der Waals surface area (Å²) in [5, 5.41) is 10.2. The van der Waals surface area contributed by atoms with Gasteiger partial charge in [0.15, 0.2) is 0 Å². The van der Waals surface area contributed by atoms with Gasteiger partial charge in [-0.3, -0.25) is 29.2 Å². The van der Waals surface area contributed by atoms with Crippen molar-refractivity contribution in [3.05, 3.63) is 215 Å². The molecule has 0 saturated carbocycles. The average molecular weight is 1120 g/mol. The Morgan fingerprint density at radius 2 is 0.819 bits per heavy atom. The van der Waals surface area contributed by atoms with Crippen LogP contribution in [0.3, 0.4) is 0 Å². The summed E-state index contributed by atoms with van der Waals surface area (Å²) in [4.78, 5) is 68.0. The summed E-state index contributed by atoms with van der Waals surface area (Å²) < 4.78 is 5.25. The van der Waals surface area contributed by atoms with Gasteiger partial charge in [-0.2, -0.15) is 0 Å². The first-order valence-electron chi connectivity index (χ1n) is 28.9. The molecule has 12 rings (SSSR count). The van der Waals surface area contributed by atoms with E-state index in [1.807, 2.05) is 126 Å². The summed E-state index contributed by atoms with van der Waals surface area (Å²) >= 11 is 0. The van der Waals surface area contributed by atoms with Crippen LogP contribution in [0.5, 0.6) is 0 Å². The maximum Gasteiger partial charge on any atom is 1.00 e. The van der Waals surface area contributed by atoms with Crippen LogP contribution in [0.1, 0.15) is 91.2 Å². The second-order valence-corrected chi connectivity index (χ2v) is 22.9. The molecule has 0 radical (unpaired) electrons. The number of amides is 2. The number of fused-ring (bicyclic) bond motifs is 2. The van der Waals surface area contributed by atoms with Crippen molar-refractivity contribution >= 4 is 23.8 Å².